The van der Waals surface area contributed by atoms with E-state index in [1.54, 1.807) is 0 Å². The number of fused-ring (bicyclic) bond motifs is 1. The zero-order valence-corrected chi connectivity index (χ0v) is 14.7. The Kier molecular flexibility index (Phi) is 4.00. The van der Waals surface area contributed by atoms with E-state index in [0.29, 0.717) is 26.3 Å². The molecule has 2 aliphatic heterocycles. The van der Waals surface area contributed by atoms with Crippen molar-refractivity contribution < 1.29 is 14.6 Å². The monoisotopic (exact) mass is 344 g/mol. The Morgan fingerprint density at radius 2 is 2.16 bits per heavy atom. The second-order valence-electron chi connectivity index (χ2n) is 7.48. The summed E-state index contributed by atoms with van der Waals surface area (Å²) in [5.41, 5.74) is 3.79. The van der Waals surface area contributed by atoms with Gasteiger partial charge in [0.15, 0.2) is 5.65 Å². The first-order valence-electron chi connectivity index (χ1n) is 8.82. The summed E-state index contributed by atoms with van der Waals surface area (Å²) in [7, 11) is 0. The van der Waals surface area contributed by atoms with E-state index < -0.39 is 5.97 Å². The van der Waals surface area contributed by atoms with E-state index >= 15 is 0 Å². The molecule has 1 N–H and O–H groups in total. The van der Waals surface area contributed by atoms with Crippen LogP contribution in [0.4, 0.5) is 0 Å². The number of carbonyl (C=O) groups is 1. The molecule has 134 valence electrons. The molecule has 2 fully saturated rings. The maximum absolute atomic E-state index is 11.8. The number of rotatable bonds is 3. The summed E-state index contributed by atoms with van der Waals surface area (Å²) in [6.07, 6.45) is 3.51. The van der Waals surface area contributed by atoms with Gasteiger partial charge in [-0.1, -0.05) is 0 Å². The zero-order valence-electron chi connectivity index (χ0n) is 14.7. The van der Waals surface area contributed by atoms with Crippen molar-refractivity contribution in [2.75, 3.05) is 26.3 Å². The van der Waals surface area contributed by atoms with Crippen molar-refractivity contribution in [3.8, 4) is 0 Å². The van der Waals surface area contributed by atoms with Crippen molar-refractivity contribution in [2.45, 2.75) is 33.2 Å². The fourth-order valence-electron chi connectivity index (χ4n) is 4.49. The number of aryl methyl sites for hydroxylation is 2. The Bertz CT molecular complexity index is 810. The van der Waals surface area contributed by atoms with Crippen molar-refractivity contribution in [1.82, 2.24) is 19.5 Å². The minimum Gasteiger partial charge on any atom is -0.481 e. The molecule has 2 aromatic rings. The van der Waals surface area contributed by atoms with Gasteiger partial charge in [-0.05, 0) is 32.8 Å². The van der Waals surface area contributed by atoms with E-state index in [1.165, 1.54) is 0 Å². The number of carboxylic acid groups (broad SMARTS) is 1. The third-order valence-electron chi connectivity index (χ3n) is 5.75. The van der Waals surface area contributed by atoms with E-state index in [9.17, 15) is 9.90 Å². The Hall–Kier alpha value is -1.99. The average Bonchev–Trinajstić information content (AvgIpc) is 3.11. The number of likely N-dealkylation sites (tertiary alicyclic amines) is 1. The van der Waals surface area contributed by atoms with Crippen LogP contribution in [-0.4, -0.2) is 56.9 Å². The van der Waals surface area contributed by atoms with E-state index in [4.69, 9.17) is 4.74 Å². The number of hydrogen-bond acceptors (Lipinski definition) is 5. The van der Waals surface area contributed by atoms with Crippen molar-refractivity contribution >= 4 is 11.6 Å². The smallest absolute Gasteiger partial charge is 0.308 e. The maximum Gasteiger partial charge on any atom is 0.308 e. The molecule has 0 aromatic carbocycles. The summed E-state index contributed by atoms with van der Waals surface area (Å²) >= 11 is 0. The summed E-state index contributed by atoms with van der Waals surface area (Å²) in [4.78, 5) is 18.7. The normalized spacial score (nSPS) is 23.5. The number of aromatic nitrogens is 3. The highest BCUT2D eigenvalue weighted by Gasteiger charge is 2.50. The molecular weight excluding hydrogens is 320 g/mol. The van der Waals surface area contributed by atoms with E-state index in [2.05, 4.69) is 15.0 Å². The van der Waals surface area contributed by atoms with Crippen molar-refractivity contribution in [1.29, 1.82) is 0 Å². The lowest BCUT2D eigenvalue weighted by Crippen LogP contribution is -2.40. The zero-order chi connectivity index (χ0) is 17.6. The predicted molar refractivity (Wildman–Crippen MR) is 91.3 cm³/mol. The first kappa shape index (κ1) is 16.5. The highest BCUT2D eigenvalue weighted by atomic mass is 16.5. The standard InChI is InChI=1S/C18H24N4O3/c1-12-7-13(2)22-16(20-12)14(8-19-22)9-21-10-15(17(23)24)18(11-21)3-5-25-6-4-18/h7-8,15H,3-6,9-11H2,1-2H3,(H,23,24). The van der Waals surface area contributed by atoms with Crippen molar-refractivity contribution in [2.24, 2.45) is 11.3 Å². The lowest BCUT2D eigenvalue weighted by molar-refractivity contribution is -0.147. The van der Waals surface area contributed by atoms with Crippen LogP contribution >= 0.6 is 0 Å². The van der Waals surface area contributed by atoms with Crippen LogP contribution in [-0.2, 0) is 16.1 Å². The third-order valence-corrected chi connectivity index (χ3v) is 5.75. The first-order valence-corrected chi connectivity index (χ1v) is 8.82. The van der Waals surface area contributed by atoms with Gasteiger partial charge in [-0.2, -0.15) is 5.10 Å². The van der Waals surface area contributed by atoms with Crippen LogP contribution in [0.2, 0.25) is 0 Å². The molecule has 1 unspecified atom stereocenters. The molecule has 0 aliphatic carbocycles. The van der Waals surface area contributed by atoms with Gasteiger partial charge in [0.05, 0.1) is 12.1 Å². The van der Waals surface area contributed by atoms with Gasteiger partial charge in [-0.3, -0.25) is 9.69 Å². The van der Waals surface area contributed by atoms with Crippen LogP contribution < -0.4 is 0 Å². The third kappa shape index (κ3) is 2.81. The Labute approximate surface area is 146 Å². The van der Waals surface area contributed by atoms with Crippen LogP contribution in [0.5, 0.6) is 0 Å². The van der Waals surface area contributed by atoms with Gasteiger partial charge in [0.1, 0.15) is 0 Å². The Balaban J connectivity index is 1.60. The molecule has 4 heterocycles. The van der Waals surface area contributed by atoms with Crippen LogP contribution in [0.25, 0.3) is 5.65 Å². The number of hydrogen-bond donors (Lipinski definition) is 1. The van der Waals surface area contributed by atoms with Crippen LogP contribution in [0, 0.1) is 25.2 Å². The quantitative estimate of drug-likeness (QED) is 0.912. The first-order chi connectivity index (χ1) is 12.0. The summed E-state index contributed by atoms with van der Waals surface area (Å²) in [6, 6.07) is 2.01. The lowest BCUT2D eigenvalue weighted by atomic mass is 9.72. The van der Waals surface area contributed by atoms with Crippen molar-refractivity contribution in [3.63, 3.8) is 0 Å². The topological polar surface area (TPSA) is 80.0 Å². The number of carboxylic acids is 1. The van der Waals surface area contributed by atoms with Gasteiger partial charge < -0.3 is 9.84 Å². The van der Waals surface area contributed by atoms with Gasteiger partial charge in [0, 0.05) is 55.2 Å². The summed E-state index contributed by atoms with van der Waals surface area (Å²) in [6.45, 7) is 7.39. The molecule has 7 nitrogen and oxygen atoms in total. The highest BCUT2D eigenvalue weighted by molar-refractivity contribution is 5.72. The molecule has 1 atom stereocenters. The number of ether oxygens (including phenoxy) is 1. The SMILES string of the molecule is Cc1cc(C)n2ncc(CN3CC(C(=O)O)C4(CCOCC4)C3)c2n1. The molecule has 0 saturated carbocycles. The van der Waals surface area contributed by atoms with Gasteiger partial charge >= 0.3 is 5.97 Å². The number of nitrogens with zero attached hydrogens (tertiary/aromatic N) is 4. The molecule has 0 bridgehead atoms. The van der Waals surface area contributed by atoms with E-state index in [0.717, 1.165) is 42.0 Å². The van der Waals surface area contributed by atoms with Gasteiger partial charge in [-0.15, -0.1) is 0 Å². The minimum absolute atomic E-state index is 0.160. The highest BCUT2D eigenvalue weighted by Crippen LogP contribution is 2.44. The lowest BCUT2D eigenvalue weighted by Gasteiger charge is -2.36. The van der Waals surface area contributed by atoms with E-state index in [1.807, 2.05) is 30.6 Å². The van der Waals surface area contributed by atoms with Crippen LogP contribution in [0.15, 0.2) is 12.3 Å². The van der Waals surface area contributed by atoms with Gasteiger partial charge in [-0.25, -0.2) is 9.50 Å². The van der Waals surface area contributed by atoms with Crippen LogP contribution in [0.3, 0.4) is 0 Å². The Morgan fingerprint density at radius 3 is 2.88 bits per heavy atom. The molecule has 2 aromatic heterocycles. The largest absolute Gasteiger partial charge is 0.481 e. The molecule has 0 radical (unpaired) electrons. The molecule has 0 amide bonds. The minimum atomic E-state index is -0.686. The Morgan fingerprint density at radius 1 is 1.40 bits per heavy atom. The predicted octanol–water partition coefficient (Wildman–Crippen LogP) is 1.66. The summed E-state index contributed by atoms with van der Waals surface area (Å²) < 4.78 is 7.33. The average molecular weight is 344 g/mol. The van der Waals surface area contributed by atoms with E-state index in [-0.39, 0.29) is 11.3 Å². The molecule has 1 spiro atoms. The fraction of sp³-hybridized carbons (Fsp3) is 0.611. The van der Waals surface area contributed by atoms with Crippen LogP contribution in [0.1, 0.15) is 29.8 Å². The molecule has 25 heavy (non-hydrogen) atoms. The second kappa shape index (κ2) is 6.07. The van der Waals surface area contributed by atoms with Crippen molar-refractivity contribution in [3.05, 3.63) is 29.2 Å². The molecule has 7 heteroatoms. The summed E-state index contributed by atoms with van der Waals surface area (Å²) in [5, 5.41) is 14.2. The van der Waals surface area contributed by atoms with Gasteiger partial charge in [0.25, 0.3) is 0 Å². The molecule has 2 saturated heterocycles. The fourth-order valence-corrected chi connectivity index (χ4v) is 4.49. The summed E-state index contributed by atoms with van der Waals surface area (Å²) in [5.74, 6) is -1.01. The number of aliphatic carboxylic acids is 1. The molecule has 4 rings (SSSR count). The van der Waals surface area contributed by atoms with Gasteiger partial charge in [0.2, 0.25) is 0 Å². The maximum atomic E-state index is 11.8. The molecular formula is C18H24N4O3. The second-order valence-corrected chi connectivity index (χ2v) is 7.48. The molecule has 2 aliphatic rings.